The van der Waals surface area contributed by atoms with Crippen LogP contribution in [0.2, 0.25) is 10.0 Å². The summed E-state index contributed by atoms with van der Waals surface area (Å²) >= 11 is 12.5. The summed E-state index contributed by atoms with van der Waals surface area (Å²) in [5.74, 6) is -5.21. The van der Waals surface area contributed by atoms with Gasteiger partial charge < -0.3 is 35.0 Å². The van der Waals surface area contributed by atoms with Gasteiger partial charge in [-0.05, 0) is 43.3 Å². The molecule has 0 aliphatic carbocycles. The Bertz CT molecular complexity index is 1440. The highest BCUT2D eigenvalue weighted by Gasteiger charge is 2.52. The number of methoxy groups -OCH3 is 1. The minimum Gasteiger partial charge on any atom is -0.394 e. The van der Waals surface area contributed by atoms with Crippen molar-refractivity contribution in [3.63, 3.8) is 0 Å². The molecule has 2 aliphatic rings. The monoisotopic (exact) mass is 645 g/mol. The number of hydrogen-bond donors (Lipinski definition) is 4. The van der Waals surface area contributed by atoms with Gasteiger partial charge in [0.25, 0.3) is 5.91 Å². The fourth-order valence-electron chi connectivity index (χ4n) is 5.51. The summed E-state index contributed by atoms with van der Waals surface area (Å²) in [7, 11) is 1.27. The average molecular weight is 646 g/mol. The smallest absolute Gasteiger partial charge is 0.259 e. The highest BCUT2D eigenvalue weighted by molar-refractivity contribution is 6.35. The van der Waals surface area contributed by atoms with E-state index in [2.05, 4.69) is 15.6 Å². The number of nitrogens with one attached hydrogen (secondary N) is 1. The Morgan fingerprint density at radius 2 is 1.84 bits per heavy atom. The van der Waals surface area contributed by atoms with E-state index < -0.39 is 72.6 Å². The topological polar surface area (TPSA) is 142 Å². The van der Waals surface area contributed by atoms with Gasteiger partial charge in [0, 0.05) is 35.0 Å². The Balaban J connectivity index is 1.55. The number of nitrogens with zero attached hydrogens (tertiary/aromatic N) is 4. The standard InChI is InChI=1S/C27H28Cl2F3N5O6/c1-42-25-23(36-10-18(34-35-36)12-4-16(30)22(32)17(31)5-12)24(40)21(11-38)43-26(25)27(41)37(19-9-33-3-2-20(19)39)15-7-13(28)6-14(29)8-15/h4-8,10,19-21,23-26,33,38-40H,2-3,9,11H2,1H3/t19-,20-,21?,23?,24?,25?,26?/m0/s1. The molecule has 0 saturated carbocycles. The van der Waals surface area contributed by atoms with Crippen LogP contribution < -0.4 is 10.2 Å². The maximum Gasteiger partial charge on any atom is 0.259 e. The van der Waals surface area contributed by atoms with Gasteiger partial charge in [-0.25, -0.2) is 17.9 Å². The van der Waals surface area contributed by atoms with Crippen LogP contribution in [0.15, 0.2) is 36.5 Å². The highest BCUT2D eigenvalue weighted by atomic mass is 35.5. The van der Waals surface area contributed by atoms with Crippen LogP contribution in [0.1, 0.15) is 12.5 Å². The molecular formula is C27H28Cl2F3N5O6. The molecule has 43 heavy (non-hydrogen) atoms. The van der Waals surface area contributed by atoms with Crippen molar-refractivity contribution in [1.29, 1.82) is 0 Å². The lowest BCUT2D eigenvalue weighted by molar-refractivity contribution is -0.211. The fraction of sp³-hybridized carbons (Fsp3) is 0.444. The number of carbonyl (C=O) groups excluding carboxylic acids is 1. The molecule has 2 aromatic carbocycles. The third-order valence-electron chi connectivity index (χ3n) is 7.59. The minimum absolute atomic E-state index is 0.0682. The zero-order valence-electron chi connectivity index (χ0n) is 22.6. The average Bonchev–Trinajstić information content (AvgIpc) is 3.45. The second-order valence-electron chi connectivity index (χ2n) is 10.3. The fourth-order valence-corrected chi connectivity index (χ4v) is 6.02. The number of rotatable bonds is 7. The molecular weight excluding hydrogens is 618 g/mol. The molecule has 16 heteroatoms. The van der Waals surface area contributed by atoms with Crippen molar-refractivity contribution >= 4 is 34.8 Å². The first kappa shape index (κ1) is 31.6. The summed E-state index contributed by atoms with van der Waals surface area (Å²) in [6.07, 6.45) is -4.89. The van der Waals surface area contributed by atoms with Crippen molar-refractivity contribution in [3.8, 4) is 11.3 Å². The van der Waals surface area contributed by atoms with Gasteiger partial charge >= 0.3 is 0 Å². The number of halogens is 5. The van der Waals surface area contributed by atoms with Gasteiger partial charge in [0.05, 0.1) is 24.9 Å². The number of piperidine rings is 1. The Labute approximate surface area is 253 Å². The normalized spacial score (nSPS) is 27.7. The maximum atomic E-state index is 14.4. The zero-order valence-corrected chi connectivity index (χ0v) is 24.1. The lowest BCUT2D eigenvalue weighted by Gasteiger charge is -2.46. The third kappa shape index (κ3) is 6.24. The summed E-state index contributed by atoms with van der Waals surface area (Å²) in [4.78, 5) is 15.7. The molecule has 0 bridgehead atoms. The number of aromatic nitrogens is 3. The Hall–Kier alpha value is -2.82. The van der Waals surface area contributed by atoms with Crippen LogP contribution >= 0.6 is 23.2 Å². The number of aliphatic hydroxyl groups is 3. The highest BCUT2D eigenvalue weighted by Crippen LogP contribution is 2.36. The zero-order chi connectivity index (χ0) is 31.0. The number of amides is 1. The number of carbonyl (C=O) groups is 1. The predicted molar refractivity (Wildman–Crippen MR) is 148 cm³/mol. The molecule has 2 fully saturated rings. The molecule has 3 heterocycles. The molecule has 5 unspecified atom stereocenters. The minimum atomic E-state index is -1.65. The van der Waals surface area contributed by atoms with E-state index in [0.29, 0.717) is 13.0 Å². The van der Waals surface area contributed by atoms with E-state index in [1.807, 2.05) is 0 Å². The molecule has 5 rings (SSSR count). The summed E-state index contributed by atoms with van der Waals surface area (Å²) in [5, 5.41) is 43.6. The van der Waals surface area contributed by atoms with Crippen molar-refractivity contribution in [2.45, 2.75) is 49.0 Å². The van der Waals surface area contributed by atoms with Gasteiger partial charge in [-0.2, -0.15) is 0 Å². The molecule has 0 radical (unpaired) electrons. The predicted octanol–water partition coefficient (Wildman–Crippen LogP) is 2.10. The number of hydrogen-bond acceptors (Lipinski definition) is 9. The van der Waals surface area contributed by atoms with E-state index in [0.717, 1.165) is 16.8 Å². The Kier molecular flexibility index (Phi) is 9.58. The van der Waals surface area contributed by atoms with Gasteiger partial charge in [0.15, 0.2) is 23.6 Å². The van der Waals surface area contributed by atoms with Gasteiger partial charge in [0.2, 0.25) is 0 Å². The molecule has 0 spiro atoms. The quantitative estimate of drug-likeness (QED) is 0.284. The van der Waals surface area contributed by atoms with Gasteiger partial charge in [0.1, 0.15) is 30.0 Å². The van der Waals surface area contributed by atoms with Crippen LogP contribution in [0.25, 0.3) is 11.3 Å². The van der Waals surface area contributed by atoms with Crippen molar-refractivity contribution in [3.05, 3.63) is 64.0 Å². The first-order valence-electron chi connectivity index (χ1n) is 13.3. The van der Waals surface area contributed by atoms with Crippen LogP contribution in [-0.2, 0) is 14.3 Å². The van der Waals surface area contributed by atoms with E-state index in [-0.39, 0.29) is 33.5 Å². The molecule has 1 amide bonds. The summed E-state index contributed by atoms with van der Waals surface area (Å²) < 4.78 is 54.0. The van der Waals surface area contributed by atoms with E-state index >= 15 is 0 Å². The first-order valence-corrected chi connectivity index (χ1v) is 14.0. The largest absolute Gasteiger partial charge is 0.394 e. The second-order valence-corrected chi connectivity index (χ2v) is 11.1. The van der Waals surface area contributed by atoms with Crippen LogP contribution in [0, 0.1) is 17.5 Å². The van der Waals surface area contributed by atoms with Gasteiger partial charge in [-0.1, -0.05) is 28.4 Å². The lowest BCUT2D eigenvalue weighted by Crippen LogP contribution is -2.64. The lowest BCUT2D eigenvalue weighted by atomic mass is 9.90. The van der Waals surface area contributed by atoms with E-state index in [4.69, 9.17) is 32.7 Å². The molecule has 4 N–H and O–H groups in total. The van der Waals surface area contributed by atoms with Crippen LogP contribution in [-0.4, -0.2) is 99.6 Å². The SMILES string of the molecule is COC1C(C(=O)N(c2cc(Cl)cc(Cl)c2)[C@H]2CNCC[C@@H]2O)OC(CO)C(O)C1n1cc(-c2cc(F)c(F)c(F)c2)nn1. The summed E-state index contributed by atoms with van der Waals surface area (Å²) in [5.41, 5.74) is 0.0639. The molecule has 7 atom stereocenters. The number of benzene rings is 2. The Morgan fingerprint density at radius 3 is 2.44 bits per heavy atom. The number of anilines is 1. The van der Waals surface area contributed by atoms with Gasteiger partial charge in [-0.3, -0.25) is 4.79 Å². The van der Waals surface area contributed by atoms with Gasteiger partial charge in [-0.15, -0.1) is 5.10 Å². The van der Waals surface area contributed by atoms with E-state index in [1.54, 1.807) is 0 Å². The molecule has 2 saturated heterocycles. The molecule has 11 nitrogen and oxygen atoms in total. The summed E-state index contributed by atoms with van der Waals surface area (Å²) in [6.45, 7) is 0.0342. The van der Waals surface area contributed by atoms with E-state index in [9.17, 15) is 33.3 Å². The molecule has 1 aromatic heterocycles. The van der Waals surface area contributed by atoms with Crippen LogP contribution in [0.5, 0.6) is 0 Å². The number of aliphatic hydroxyl groups excluding tert-OH is 3. The Morgan fingerprint density at radius 1 is 1.16 bits per heavy atom. The first-order chi connectivity index (χ1) is 20.5. The van der Waals surface area contributed by atoms with Crippen LogP contribution in [0.3, 0.4) is 0 Å². The maximum absolute atomic E-state index is 14.4. The summed E-state index contributed by atoms with van der Waals surface area (Å²) in [6, 6.07) is 3.96. The van der Waals surface area contributed by atoms with Crippen molar-refractivity contribution in [1.82, 2.24) is 20.3 Å². The number of ether oxygens (including phenoxy) is 2. The third-order valence-corrected chi connectivity index (χ3v) is 8.02. The van der Waals surface area contributed by atoms with Crippen molar-refractivity contribution in [2.24, 2.45) is 0 Å². The van der Waals surface area contributed by atoms with Crippen molar-refractivity contribution in [2.75, 3.05) is 31.7 Å². The van der Waals surface area contributed by atoms with Crippen molar-refractivity contribution < 1.29 is 42.8 Å². The molecule has 232 valence electrons. The van der Waals surface area contributed by atoms with E-state index in [1.165, 1.54) is 36.4 Å². The molecule has 2 aliphatic heterocycles. The second kappa shape index (κ2) is 13.0. The molecule has 3 aromatic rings. The van der Waals surface area contributed by atoms with Crippen LogP contribution in [0.4, 0.5) is 18.9 Å².